The number of rotatable bonds is 30. The van der Waals surface area contributed by atoms with E-state index >= 15 is 0 Å². The lowest BCUT2D eigenvalue weighted by Crippen LogP contribution is -2.62. The van der Waals surface area contributed by atoms with Crippen LogP contribution in [-0.4, -0.2) is 185 Å². The van der Waals surface area contributed by atoms with Gasteiger partial charge in [-0.1, -0.05) is 54.6 Å². The van der Waals surface area contributed by atoms with Gasteiger partial charge in [0.1, 0.15) is 53.8 Å². The number of carbonyl (C=O) groups excluding carboxylic acids is 9. The van der Waals surface area contributed by atoms with Gasteiger partial charge >= 0.3 is 5.97 Å². The predicted molar refractivity (Wildman–Crippen MR) is 284 cm³/mol. The zero-order chi connectivity index (χ0) is 59.3. The van der Waals surface area contributed by atoms with Crippen LogP contribution in [0.1, 0.15) is 55.0 Å². The van der Waals surface area contributed by atoms with Gasteiger partial charge in [0.25, 0.3) is 0 Å². The van der Waals surface area contributed by atoms with Gasteiger partial charge in [-0.25, -0.2) is 9.78 Å². The van der Waals surface area contributed by atoms with Gasteiger partial charge in [0.05, 0.1) is 31.7 Å². The molecule has 1 saturated heterocycles. The van der Waals surface area contributed by atoms with Crippen LogP contribution < -0.4 is 48.7 Å². The highest BCUT2D eigenvalue weighted by Crippen LogP contribution is 2.22. The van der Waals surface area contributed by atoms with Crippen molar-refractivity contribution in [3.8, 4) is 11.5 Å². The lowest BCUT2D eigenvalue weighted by Gasteiger charge is -2.31. The molecule has 4 aromatic rings. The van der Waals surface area contributed by atoms with E-state index < -0.39 is 133 Å². The molecule has 18 N–H and O–H groups in total. The highest BCUT2D eigenvalue weighted by atomic mass is 16.4. The number of hydrogen-bond donors (Lipinski definition) is 16. The van der Waals surface area contributed by atoms with Gasteiger partial charge in [-0.3, -0.25) is 43.2 Å². The third-order valence-electron chi connectivity index (χ3n) is 13.1. The maximum absolute atomic E-state index is 14.6. The van der Waals surface area contributed by atoms with Gasteiger partial charge in [-0.15, -0.1) is 0 Å². The number of aliphatic carboxylic acids is 1. The number of aromatic hydroxyl groups is 2. The third-order valence-corrected chi connectivity index (χ3v) is 13.1. The smallest absolute Gasteiger partial charge is 0.328 e. The van der Waals surface area contributed by atoms with Gasteiger partial charge in [0.15, 0.2) is 6.04 Å². The Bertz CT molecular complexity index is 2810. The number of imidazole rings is 1. The molecule has 5 rings (SSSR count). The van der Waals surface area contributed by atoms with Crippen LogP contribution in [0.25, 0.3) is 0 Å². The molecule has 28 nitrogen and oxygen atoms in total. The number of carboxylic acid groups (broad SMARTS) is 1. The molecule has 10 atom stereocenters. The number of benzene rings is 3. The van der Waals surface area contributed by atoms with Gasteiger partial charge in [-0.05, 0) is 67.1 Å². The summed E-state index contributed by atoms with van der Waals surface area (Å²) in [6, 6.07) is 5.47. The summed E-state index contributed by atoms with van der Waals surface area (Å²) in [5.41, 5.74) is 13.3. The van der Waals surface area contributed by atoms with E-state index in [2.05, 4.69) is 47.2 Å². The second kappa shape index (κ2) is 30.4. The Morgan fingerprint density at radius 1 is 0.630 bits per heavy atom. The highest BCUT2D eigenvalue weighted by Gasteiger charge is 2.41. The van der Waals surface area contributed by atoms with E-state index in [0.717, 1.165) is 11.8 Å². The van der Waals surface area contributed by atoms with E-state index in [1.807, 2.05) is 0 Å². The summed E-state index contributed by atoms with van der Waals surface area (Å²) in [5, 5.41) is 77.3. The van der Waals surface area contributed by atoms with Crippen LogP contribution in [0.5, 0.6) is 11.5 Å². The molecule has 436 valence electrons. The normalized spacial score (nSPS) is 16.3. The van der Waals surface area contributed by atoms with Crippen molar-refractivity contribution in [2.24, 2.45) is 11.5 Å². The topological polar surface area (TPSA) is 460 Å². The Balaban J connectivity index is 1.33. The van der Waals surface area contributed by atoms with Crippen molar-refractivity contribution in [2.45, 2.75) is 119 Å². The van der Waals surface area contributed by atoms with Gasteiger partial charge in [0, 0.05) is 50.5 Å². The summed E-state index contributed by atoms with van der Waals surface area (Å²) in [4.78, 5) is 143. The van der Waals surface area contributed by atoms with Crippen molar-refractivity contribution in [3.63, 3.8) is 0 Å². The molecular formula is C53H68N12O16. The number of H-pyrrole nitrogens is 1. The number of aliphatic hydroxyl groups excluding tert-OH is 3. The van der Waals surface area contributed by atoms with Crippen molar-refractivity contribution in [3.05, 3.63) is 114 Å². The Labute approximate surface area is 463 Å². The largest absolute Gasteiger partial charge is 0.508 e. The number of primary amides is 1. The minimum Gasteiger partial charge on any atom is -0.508 e. The molecule has 1 aromatic heterocycles. The number of phenols is 2. The number of likely N-dealkylation sites (tertiary alicyclic amines) is 1. The summed E-state index contributed by atoms with van der Waals surface area (Å²) in [7, 11) is 0. The molecule has 0 radical (unpaired) electrons. The van der Waals surface area contributed by atoms with Gasteiger partial charge in [-0.2, -0.15) is 0 Å². The van der Waals surface area contributed by atoms with Crippen molar-refractivity contribution in [1.29, 1.82) is 0 Å². The van der Waals surface area contributed by atoms with Gasteiger partial charge < -0.3 is 89.2 Å². The zero-order valence-corrected chi connectivity index (χ0v) is 44.0. The summed E-state index contributed by atoms with van der Waals surface area (Å²) >= 11 is 0. The fourth-order valence-electron chi connectivity index (χ4n) is 8.66. The van der Waals surface area contributed by atoms with Crippen LogP contribution in [0.2, 0.25) is 0 Å². The minimum atomic E-state index is -1.88. The number of aromatic amines is 1. The average Bonchev–Trinajstić information content (AvgIpc) is 4.20. The number of carbonyl (C=O) groups is 10. The predicted octanol–water partition coefficient (Wildman–Crippen LogP) is -4.48. The van der Waals surface area contributed by atoms with Crippen LogP contribution in [-0.2, 0) is 73.6 Å². The Kier molecular flexibility index (Phi) is 23.6. The molecule has 0 aliphatic carbocycles. The molecule has 28 heteroatoms. The maximum Gasteiger partial charge on any atom is 0.328 e. The van der Waals surface area contributed by atoms with Crippen LogP contribution in [0.4, 0.5) is 0 Å². The van der Waals surface area contributed by atoms with E-state index in [9.17, 15) is 78.6 Å². The standard InChI is InChI=1S/C53H68N12O16/c1-28(68)44(53(80)81)64-48(75)38(20-29-6-3-2-4-7-29)60-51(78)42-8-5-19-65(42)52(79)39(22-31-11-15-34(70)16-12-31)61-49(76)40(25-66)63-50(77)41(26-67)62-47(74)37(21-30-9-13-33(69)14-10-30)59-46(73)36(17-18-43(55)71)58-45(72)35(54)23-32-24-56-27-57-32/h2-4,6-7,9-16,24,27-28,35-42,44,66-70H,5,8,17-23,25-26,54H2,1H3,(H2,55,71)(H,56,57)(H,58,72)(H,59,73)(H,60,78)(H,61,76)(H,62,74)(H,63,77)(H,64,75)(H,80,81)/t28-,35+,36+,37+,38+,39+,40+,41+,42+,44+/m1/s1. The van der Waals surface area contributed by atoms with E-state index in [4.69, 9.17) is 11.5 Å². The number of amides is 9. The van der Waals surface area contributed by atoms with Crippen molar-refractivity contribution < 1.29 is 78.6 Å². The number of carboxylic acids is 1. The number of phenolic OH excluding ortho intramolecular Hbond substituents is 2. The fourth-order valence-corrected chi connectivity index (χ4v) is 8.66. The highest BCUT2D eigenvalue weighted by molar-refractivity contribution is 5.98. The summed E-state index contributed by atoms with van der Waals surface area (Å²) in [6.07, 6.45) is 0.205. The number of nitrogens with one attached hydrogen (secondary N) is 8. The van der Waals surface area contributed by atoms with Crippen LogP contribution in [0.15, 0.2) is 91.4 Å². The van der Waals surface area contributed by atoms with Crippen molar-refractivity contribution >= 4 is 59.1 Å². The fraction of sp³-hybridized carbons (Fsp3) is 0.415. The van der Waals surface area contributed by atoms with Crippen molar-refractivity contribution in [1.82, 2.24) is 52.1 Å². The Hall–Kier alpha value is -8.99. The molecule has 1 fully saturated rings. The Morgan fingerprint density at radius 2 is 1.10 bits per heavy atom. The lowest BCUT2D eigenvalue weighted by molar-refractivity contribution is -0.145. The molecule has 0 bridgehead atoms. The van der Waals surface area contributed by atoms with E-state index in [-0.39, 0.29) is 69.4 Å². The molecule has 9 amide bonds. The summed E-state index contributed by atoms with van der Waals surface area (Å²) < 4.78 is 0. The quantitative estimate of drug-likeness (QED) is 0.0234. The van der Waals surface area contributed by atoms with Crippen LogP contribution in [0, 0.1) is 0 Å². The second-order valence-electron chi connectivity index (χ2n) is 19.3. The van der Waals surface area contributed by atoms with E-state index in [1.165, 1.54) is 61.1 Å². The molecule has 3 aromatic carbocycles. The molecule has 1 aliphatic heterocycles. The van der Waals surface area contributed by atoms with Crippen LogP contribution in [0.3, 0.4) is 0 Å². The third kappa shape index (κ3) is 19.1. The summed E-state index contributed by atoms with van der Waals surface area (Å²) in [6.45, 7) is -1.08. The first-order valence-corrected chi connectivity index (χ1v) is 25.7. The first-order chi connectivity index (χ1) is 38.6. The lowest BCUT2D eigenvalue weighted by atomic mass is 10.0. The number of nitrogens with zero attached hydrogens (tertiary/aromatic N) is 2. The zero-order valence-electron chi connectivity index (χ0n) is 44.0. The first kappa shape index (κ1) is 62.8. The molecular weight excluding hydrogens is 1060 g/mol. The first-order valence-electron chi connectivity index (χ1n) is 25.7. The maximum atomic E-state index is 14.6. The number of nitrogens with two attached hydrogens (primary N) is 2. The molecule has 2 heterocycles. The molecule has 0 unspecified atom stereocenters. The van der Waals surface area contributed by atoms with E-state index in [0.29, 0.717) is 22.4 Å². The summed E-state index contributed by atoms with van der Waals surface area (Å²) in [5.74, 6) is -10.5. The van der Waals surface area contributed by atoms with E-state index in [1.54, 1.807) is 30.3 Å². The Morgan fingerprint density at radius 3 is 1.60 bits per heavy atom. The molecule has 0 saturated carbocycles. The second-order valence-corrected chi connectivity index (χ2v) is 19.3. The van der Waals surface area contributed by atoms with Gasteiger partial charge in [0.2, 0.25) is 53.2 Å². The average molecular weight is 1130 g/mol. The molecule has 0 spiro atoms. The van der Waals surface area contributed by atoms with Crippen molar-refractivity contribution in [2.75, 3.05) is 19.8 Å². The SMILES string of the molecule is C[C@@H](O)[C@H](NC(=O)[C@H](Cc1ccccc1)NC(=O)[C@@H]1CCCN1C(=O)[C@H](Cc1ccc(O)cc1)NC(=O)[C@H](CO)NC(=O)[C@H](CO)NC(=O)[C@H](Cc1ccc(O)cc1)NC(=O)[C@H](CCC(N)=O)NC(=O)[C@@H](N)Cc1cnc[nH]1)C(=O)O. The molecule has 81 heavy (non-hydrogen) atoms. The minimum absolute atomic E-state index is 0.0162. The van der Waals surface area contributed by atoms with Crippen LogP contribution >= 0.6 is 0 Å². The number of hydrogen-bond acceptors (Lipinski definition) is 17. The number of aromatic nitrogens is 2. The monoisotopic (exact) mass is 1130 g/mol. The number of aliphatic hydroxyl groups is 3. The molecule has 1 aliphatic rings.